The van der Waals surface area contributed by atoms with Crippen molar-refractivity contribution in [1.82, 2.24) is 15.5 Å². The van der Waals surface area contributed by atoms with Crippen molar-refractivity contribution in [2.75, 3.05) is 13.1 Å². The smallest absolute Gasteiger partial charge is 0.326 e. The van der Waals surface area contributed by atoms with Gasteiger partial charge in [0.25, 0.3) is 0 Å². The number of phenolic OH excluding ortho intramolecular Hbond substituents is 1. The van der Waals surface area contributed by atoms with E-state index in [1.165, 1.54) is 17.0 Å². The van der Waals surface area contributed by atoms with Gasteiger partial charge < -0.3 is 37.2 Å². The third-order valence-electron chi connectivity index (χ3n) is 7.03. The lowest BCUT2D eigenvalue weighted by atomic mass is 10.0. The Morgan fingerprint density at radius 1 is 0.900 bits per heavy atom. The third kappa shape index (κ3) is 8.78. The molecule has 2 aromatic rings. The molecule has 8 N–H and O–H groups in total. The first-order valence-electron chi connectivity index (χ1n) is 13.6. The second-order valence-corrected chi connectivity index (χ2v) is 10.1. The number of aliphatic carboxylic acids is 1. The third-order valence-corrected chi connectivity index (χ3v) is 7.03. The quantitative estimate of drug-likeness (QED) is 0.184. The van der Waals surface area contributed by atoms with Crippen molar-refractivity contribution in [3.05, 3.63) is 65.7 Å². The van der Waals surface area contributed by atoms with Gasteiger partial charge in [0.2, 0.25) is 17.7 Å². The van der Waals surface area contributed by atoms with Crippen LogP contribution in [0.5, 0.6) is 5.75 Å². The lowest BCUT2D eigenvalue weighted by Crippen LogP contribution is -2.58. The van der Waals surface area contributed by atoms with Gasteiger partial charge in [0.1, 0.15) is 23.9 Å². The minimum Gasteiger partial charge on any atom is -0.508 e. The van der Waals surface area contributed by atoms with Gasteiger partial charge in [-0.25, -0.2) is 4.79 Å². The van der Waals surface area contributed by atoms with Crippen LogP contribution in [-0.4, -0.2) is 76.1 Å². The number of benzene rings is 2. The van der Waals surface area contributed by atoms with Gasteiger partial charge in [-0.2, -0.15) is 0 Å². The highest BCUT2D eigenvalue weighted by Crippen LogP contribution is 2.20. The number of nitrogens with zero attached hydrogens (tertiary/aromatic N) is 1. The zero-order chi connectivity index (χ0) is 29.1. The molecule has 3 rings (SSSR count). The largest absolute Gasteiger partial charge is 0.508 e. The average molecular weight is 554 g/mol. The molecule has 40 heavy (non-hydrogen) atoms. The van der Waals surface area contributed by atoms with Crippen molar-refractivity contribution in [3.8, 4) is 5.75 Å². The van der Waals surface area contributed by atoms with E-state index in [-0.39, 0.29) is 25.1 Å². The minimum absolute atomic E-state index is 0.0582. The van der Waals surface area contributed by atoms with Crippen LogP contribution in [0.4, 0.5) is 0 Å². The van der Waals surface area contributed by atoms with Crippen molar-refractivity contribution in [2.24, 2.45) is 11.5 Å². The number of rotatable bonds is 14. The van der Waals surface area contributed by atoms with Crippen LogP contribution in [0, 0.1) is 0 Å². The molecule has 0 radical (unpaired) electrons. The minimum atomic E-state index is -1.09. The van der Waals surface area contributed by atoms with Gasteiger partial charge in [0.15, 0.2) is 0 Å². The predicted octanol–water partition coefficient (Wildman–Crippen LogP) is 0.679. The summed E-state index contributed by atoms with van der Waals surface area (Å²) in [4.78, 5) is 53.2. The number of amides is 3. The number of likely N-dealkylation sites (tertiary alicyclic amines) is 1. The van der Waals surface area contributed by atoms with Crippen LogP contribution in [0.25, 0.3) is 0 Å². The fourth-order valence-corrected chi connectivity index (χ4v) is 4.81. The summed E-state index contributed by atoms with van der Waals surface area (Å²) in [6, 6.07) is 11.4. The number of nitrogens with one attached hydrogen (secondary N) is 2. The molecule has 3 amide bonds. The Balaban J connectivity index is 1.83. The lowest BCUT2D eigenvalue weighted by molar-refractivity contribution is -0.149. The summed E-state index contributed by atoms with van der Waals surface area (Å²) in [6.45, 7) is 0.763. The van der Waals surface area contributed by atoms with E-state index in [0.717, 1.165) is 12.0 Å². The molecule has 11 nitrogen and oxygen atoms in total. The SMILES string of the molecule is NCCCCC(N)C(=O)NC(Cc1ccc(O)cc1)C(=O)NC(Cc1ccccc1)C(=O)N1CCCC1C(=O)O. The van der Waals surface area contributed by atoms with Crippen molar-refractivity contribution < 1.29 is 29.4 Å². The summed E-state index contributed by atoms with van der Waals surface area (Å²) >= 11 is 0. The maximum absolute atomic E-state index is 13.6. The second-order valence-electron chi connectivity index (χ2n) is 10.1. The molecule has 0 aromatic heterocycles. The zero-order valence-corrected chi connectivity index (χ0v) is 22.5. The lowest BCUT2D eigenvalue weighted by Gasteiger charge is -2.29. The van der Waals surface area contributed by atoms with Crippen molar-refractivity contribution in [2.45, 2.75) is 69.1 Å². The zero-order valence-electron chi connectivity index (χ0n) is 22.5. The number of unbranched alkanes of at least 4 members (excludes halogenated alkanes) is 1. The summed E-state index contributed by atoms with van der Waals surface area (Å²) in [5, 5.41) is 24.8. The molecule has 0 spiro atoms. The molecular formula is C29H39N5O6. The molecule has 0 saturated carbocycles. The van der Waals surface area contributed by atoms with Gasteiger partial charge in [-0.15, -0.1) is 0 Å². The molecule has 2 aromatic carbocycles. The van der Waals surface area contributed by atoms with Crippen molar-refractivity contribution in [1.29, 1.82) is 0 Å². The topological polar surface area (TPSA) is 188 Å². The molecule has 1 heterocycles. The van der Waals surface area contributed by atoms with Crippen LogP contribution in [-0.2, 0) is 32.0 Å². The Kier molecular flexibility index (Phi) is 11.5. The van der Waals surface area contributed by atoms with Crippen LogP contribution in [0.1, 0.15) is 43.2 Å². The van der Waals surface area contributed by atoms with E-state index in [0.29, 0.717) is 37.8 Å². The Morgan fingerprint density at radius 2 is 1.52 bits per heavy atom. The highest BCUT2D eigenvalue weighted by atomic mass is 16.4. The number of hydrogen-bond donors (Lipinski definition) is 6. The van der Waals surface area contributed by atoms with E-state index in [1.54, 1.807) is 12.1 Å². The summed E-state index contributed by atoms with van der Waals surface area (Å²) in [7, 11) is 0. The summed E-state index contributed by atoms with van der Waals surface area (Å²) < 4.78 is 0. The van der Waals surface area contributed by atoms with Gasteiger partial charge in [-0.05, 0) is 55.5 Å². The maximum Gasteiger partial charge on any atom is 0.326 e. The van der Waals surface area contributed by atoms with Gasteiger partial charge in [0, 0.05) is 19.4 Å². The average Bonchev–Trinajstić information content (AvgIpc) is 3.44. The molecule has 1 saturated heterocycles. The molecule has 0 aliphatic carbocycles. The molecule has 216 valence electrons. The van der Waals surface area contributed by atoms with Crippen LogP contribution in [0.3, 0.4) is 0 Å². The van der Waals surface area contributed by atoms with Gasteiger partial charge in [0.05, 0.1) is 6.04 Å². The highest BCUT2D eigenvalue weighted by molar-refractivity contribution is 5.94. The van der Waals surface area contributed by atoms with E-state index in [1.807, 2.05) is 30.3 Å². The predicted molar refractivity (Wildman–Crippen MR) is 149 cm³/mol. The molecular weight excluding hydrogens is 514 g/mol. The summed E-state index contributed by atoms with van der Waals surface area (Å²) in [6.07, 6.45) is 2.90. The maximum atomic E-state index is 13.6. The highest BCUT2D eigenvalue weighted by Gasteiger charge is 2.38. The number of carboxylic acids is 1. The van der Waals surface area contributed by atoms with E-state index in [2.05, 4.69) is 10.6 Å². The summed E-state index contributed by atoms with van der Waals surface area (Å²) in [5.41, 5.74) is 13.1. The first-order chi connectivity index (χ1) is 19.2. The summed E-state index contributed by atoms with van der Waals surface area (Å²) in [5.74, 6) is -2.63. The number of aromatic hydroxyl groups is 1. The number of nitrogens with two attached hydrogens (primary N) is 2. The van der Waals surface area contributed by atoms with E-state index >= 15 is 0 Å². The standard InChI is InChI=1S/C29H39N5O6/c30-15-5-4-9-22(31)26(36)32-23(17-20-11-13-21(35)14-12-20)27(37)33-24(18-19-7-2-1-3-8-19)28(38)34-16-6-10-25(34)29(39)40/h1-3,7-8,11-14,22-25,35H,4-6,9-10,15-18,30-31H2,(H,32,36)(H,33,37)(H,39,40). The molecule has 1 aliphatic rings. The number of phenols is 1. The van der Waals surface area contributed by atoms with Crippen LogP contribution < -0.4 is 22.1 Å². The van der Waals surface area contributed by atoms with Gasteiger partial charge in [-0.1, -0.05) is 48.9 Å². The molecule has 1 aliphatic heterocycles. The second kappa shape index (κ2) is 15.0. The van der Waals surface area contributed by atoms with E-state index in [4.69, 9.17) is 11.5 Å². The Hall–Kier alpha value is -3.96. The molecule has 11 heteroatoms. The number of carboxylic acid groups (broad SMARTS) is 1. The molecule has 1 fully saturated rings. The van der Waals surface area contributed by atoms with E-state index < -0.39 is 47.9 Å². The fourth-order valence-electron chi connectivity index (χ4n) is 4.81. The van der Waals surface area contributed by atoms with Crippen LogP contribution >= 0.6 is 0 Å². The van der Waals surface area contributed by atoms with Crippen molar-refractivity contribution in [3.63, 3.8) is 0 Å². The molecule has 0 bridgehead atoms. The Labute approximate surface area is 233 Å². The van der Waals surface area contributed by atoms with Crippen LogP contribution in [0.15, 0.2) is 54.6 Å². The molecule has 4 unspecified atom stereocenters. The number of carbonyl (C=O) groups excluding carboxylic acids is 3. The Bertz CT molecular complexity index is 1140. The molecule has 4 atom stereocenters. The first kappa shape index (κ1) is 30.6. The monoisotopic (exact) mass is 553 g/mol. The normalized spacial score (nSPS) is 17.1. The number of hydrogen-bond acceptors (Lipinski definition) is 7. The fraction of sp³-hybridized carbons (Fsp3) is 0.448. The van der Waals surface area contributed by atoms with Gasteiger partial charge in [-0.3, -0.25) is 14.4 Å². The van der Waals surface area contributed by atoms with Gasteiger partial charge >= 0.3 is 5.97 Å². The van der Waals surface area contributed by atoms with E-state index in [9.17, 15) is 29.4 Å². The van der Waals surface area contributed by atoms with Crippen LogP contribution in [0.2, 0.25) is 0 Å². The van der Waals surface area contributed by atoms with Crippen molar-refractivity contribution >= 4 is 23.7 Å². The number of carbonyl (C=O) groups is 4. The first-order valence-corrected chi connectivity index (χ1v) is 13.6. The Morgan fingerprint density at radius 3 is 2.17 bits per heavy atom.